The van der Waals surface area contributed by atoms with E-state index in [1.54, 1.807) is 0 Å². The molecule has 1 aliphatic rings. The number of anilines is 1. The van der Waals surface area contributed by atoms with E-state index in [9.17, 15) is 0 Å². The molecule has 1 aliphatic carbocycles. The molecular weight excluding hydrogens is 184 g/mol. The van der Waals surface area contributed by atoms with E-state index in [0.29, 0.717) is 5.82 Å². The summed E-state index contributed by atoms with van der Waals surface area (Å²) in [6, 6.07) is 2.03. The van der Waals surface area contributed by atoms with Gasteiger partial charge in [-0.3, -0.25) is 0 Å². The van der Waals surface area contributed by atoms with Gasteiger partial charge in [0.1, 0.15) is 5.82 Å². The van der Waals surface area contributed by atoms with E-state index in [-0.39, 0.29) is 12.4 Å². The first-order valence-electron chi connectivity index (χ1n) is 4.59. The van der Waals surface area contributed by atoms with Crippen LogP contribution in [0.3, 0.4) is 0 Å². The van der Waals surface area contributed by atoms with Crippen molar-refractivity contribution in [1.29, 1.82) is 0 Å². The van der Waals surface area contributed by atoms with Crippen LogP contribution in [0.1, 0.15) is 30.4 Å². The highest BCUT2D eigenvalue weighted by atomic mass is 35.5. The normalized spacial score (nSPS) is 15.4. The highest BCUT2D eigenvalue weighted by Crippen LogP contribution is 2.20. The summed E-state index contributed by atoms with van der Waals surface area (Å²) in [5.41, 5.74) is 8.44. The zero-order valence-corrected chi connectivity index (χ0v) is 8.44. The molecule has 0 spiro atoms. The highest BCUT2D eigenvalue weighted by molar-refractivity contribution is 5.85. The first kappa shape index (κ1) is 10.3. The second-order valence-electron chi connectivity index (χ2n) is 3.44. The summed E-state index contributed by atoms with van der Waals surface area (Å²) in [5.74, 6) is 0.663. The zero-order valence-electron chi connectivity index (χ0n) is 7.62. The third-order valence-electron chi connectivity index (χ3n) is 2.50. The fourth-order valence-electron chi connectivity index (χ4n) is 1.81. The monoisotopic (exact) mass is 198 g/mol. The summed E-state index contributed by atoms with van der Waals surface area (Å²) >= 11 is 0. The number of rotatable bonds is 0. The molecule has 0 fully saturated rings. The zero-order chi connectivity index (χ0) is 8.39. The minimum atomic E-state index is 0. The molecule has 2 N–H and O–H groups in total. The Bertz CT molecular complexity index is 286. The third-order valence-corrected chi connectivity index (χ3v) is 2.50. The Labute approximate surface area is 85.0 Å². The van der Waals surface area contributed by atoms with Gasteiger partial charge in [-0.1, -0.05) is 6.42 Å². The van der Waals surface area contributed by atoms with Gasteiger partial charge in [0.15, 0.2) is 0 Å². The van der Waals surface area contributed by atoms with Crippen molar-refractivity contribution in [3.05, 3.63) is 23.4 Å². The Morgan fingerprint density at radius 1 is 1.08 bits per heavy atom. The molecular formula is C10H15ClN2. The van der Waals surface area contributed by atoms with Crippen molar-refractivity contribution in [1.82, 2.24) is 4.98 Å². The predicted molar refractivity (Wildman–Crippen MR) is 57.2 cm³/mol. The van der Waals surface area contributed by atoms with Crippen molar-refractivity contribution >= 4 is 18.2 Å². The van der Waals surface area contributed by atoms with Crippen LogP contribution in [-0.4, -0.2) is 4.98 Å². The molecule has 1 aromatic rings. The van der Waals surface area contributed by atoms with E-state index in [1.165, 1.54) is 43.2 Å². The molecule has 0 aliphatic heterocycles. The smallest absolute Gasteiger partial charge is 0.123 e. The molecule has 13 heavy (non-hydrogen) atoms. The maximum Gasteiger partial charge on any atom is 0.123 e. The number of hydrogen-bond donors (Lipinski definition) is 1. The molecule has 0 saturated heterocycles. The number of nitrogens with two attached hydrogens (primary N) is 1. The molecule has 2 nitrogen and oxygen atoms in total. The summed E-state index contributed by atoms with van der Waals surface area (Å²) in [6.45, 7) is 0. The molecule has 0 saturated carbocycles. The van der Waals surface area contributed by atoms with Crippen LogP contribution in [-0.2, 0) is 12.8 Å². The Hall–Kier alpha value is -0.760. The molecule has 1 aromatic heterocycles. The average Bonchev–Trinajstić information content (AvgIpc) is 2.28. The Kier molecular flexibility index (Phi) is 3.55. The second kappa shape index (κ2) is 4.47. The third kappa shape index (κ3) is 2.34. The van der Waals surface area contributed by atoms with Crippen molar-refractivity contribution in [3.63, 3.8) is 0 Å². The fourth-order valence-corrected chi connectivity index (χ4v) is 1.81. The molecule has 0 radical (unpaired) electrons. The van der Waals surface area contributed by atoms with Gasteiger partial charge in [-0.25, -0.2) is 4.98 Å². The first-order chi connectivity index (χ1) is 5.86. The van der Waals surface area contributed by atoms with Crippen LogP contribution in [0.15, 0.2) is 12.3 Å². The van der Waals surface area contributed by atoms with Crippen LogP contribution in [0.4, 0.5) is 5.82 Å². The van der Waals surface area contributed by atoms with Gasteiger partial charge >= 0.3 is 0 Å². The lowest BCUT2D eigenvalue weighted by molar-refractivity contribution is 0.711. The van der Waals surface area contributed by atoms with E-state index >= 15 is 0 Å². The summed E-state index contributed by atoms with van der Waals surface area (Å²) in [7, 11) is 0. The number of nitrogen functional groups attached to an aromatic ring is 1. The Morgan fingerprint density at radius 3 is 2.54 bits per heavy atom. The van der Waals surface area contributed by atoms with Crippen molar-refractivity contribution in [2.24, 2.45) is 0 Å². The van der Waals surface area contributed by atoms with Crippen LogP contribution in [0.25, 0.3) is 0 Å². The van der Waals surface area contributed by atoms with Crippen LogP contribution < -0.4 is 5.73 Å². The lowest BCUT2D eigenvalue weighted by Gasteiger charge is -2.04. The number of hydrogen-bond acceptors (Lipinski definition) is 2. The molecule has 0 aromatic carbocycles. The number of aryl methyl sites for hydroxylation is 2. The minimum absolute atomic E-state index is 0. The summed E-state index contributed by atoms with van der Waals surface area (Å²) in [6.07, 6.45) is 8.25. The largest absolute Gasteiger partial charge is 0.384 e. The lowest BCUT2D eigenvalue weighted by Crippen LogP contribution is -1.96. The molecule has 0 bridgehead atoms. The van der Waals surface area contributed by atoms with E-state index < -0.39 is 0 Å². The van der Waals surface area contributed by atoms with Crippen LogP contribution in [0.5, 0.6) is 0 Å². The first-order valence-corrected chi connectivity index (χ1v) is 4.59. The van der Waals surface area contributed by atoms with Gasteiger partial charge in [0.2, 0.25) is 0 Å². The Morgan fingerprint density at radius 2 is 1.77 bits per heavy atom. The van der Waals surface area contributed by atoms with E-state index in [0.717, 1.165) is 0 Å². The van der Waals surface area contributed by atoms with Crippen molar-refractivity contribution < 1.29 is 0 Å². The maximum atomic E-state index is 5.62. The SMILES string of the molecule is Cl.Nc1cc2c(cn1)CCCCC2. The maximum absolute atomic E-state index is 5.62. The molecule has 0 amide bonds. The van der Waals surface area contributed by atoms with Crippen molar-refractivity contribution in [2.45, 2.75) is 32.1 Å². The number of fused-ring (bicyclic) bond motifs is 1. The van der Waals surface area contributed by atoms with Gasteiger partial charge in [-0.2, -0.15) is 0 Å². The van der Waals surface area contributed by atoms with Gasteiger partial charge in [0.05, 0.1) is 0 Å². The average molecular weight is 199 g/mol. The summed E-state index contributed by atoms with van der Waals surface area (Å²) in [5, 5.41) is 0. The minimum Gasteiger partial charge on any atom is -0.384 e. The number of aromatic nitrogens is 1. The van der Waals surface area contributed by atoms with Gasteiger partial charge < -0.3 is 5.73 Å². The van der Waals surface area contributed by atoms with Gasteiger partial charge in [-0.05, 0) is 42.9 Å². The summed E-state index contributed by atoms with van der Waals surface area (Å²) in [4.78, 5) is 4.11. The lowest BCUT2D eigenvalue weighted by atomic mass is 10.1. The number of pyridine rings is 1. The molecule has 0 unspecified atom stereocenters. The van der Waals surface area contributed by atoms with E-state index in [1.807, 2.05) is 12.3 Å². The second-order valence-corrected chi connectivity index (χ2v) is 3.44. The van der Waals surface area contributed by atoms with Gasteiger partial charge in [-0.15, -0.1) is 12.4 Å². The van der Waals surface area contributed by atoms with E-state index in [4.69, 9.17) is 5.73 Å². The quantitative estimate of drug-likeness (QED) is 0.650. The number of nitrogens with zero attached hydrogens (tertiary/aromatic N) is 1. The summed E-state index contributed by atoms with van der Waals surface area (Å²) < 4.78 is 0. The van der Waals surface area contributed by atoms with Crippen LogP contribution in [0, 0.1) is 0 Å². The molecule has 0 atom stereocenters. The van der Waals surface area contributed by atoms with Gasteiger partial charge in [0, 0.05) is 6.20 Å². The molecule has 1 heterocycles. The van der Waals surface area contributed by atoms with Crippen LogP contribution in [0.2, 0.25) is 0 Å². The number of halogens is 1. The molecule has 72 valence electrons. The van der Waals surface area contributed by atoms with Crippen LogP contribution >= 0.6 is 12.4 Å². The highest BCUT2D eigenvalue weighted by Gasteiger charge is 2.07. The standard InChI is InChI=1S/C10H14N2.ClH/c11-10-6-8-4-2-1-3-5-9(8)7-12-10;/h6-7H,1-5H2,(H2,11,12);1H. The van der Waals surface area contributed by atoms with Crippen molar-refractivity contribution in [3.8, 4) is 0 Å². The van der Waals surface area contributed by atoms with Gasteiger partial charge in [0.25, 0.3) is 0 Å². The molecule has 2 rings (SSSR count). The predicted octanol–water partition coefficient (Wildman–Crippen LogP) is 2.35. The fraction of sp³-hybridized carbons (Fsp3) is 0.500. The topological polar surface area (TPSA) is 38.9 Å². The Balaban J connectivity index is 0.000000845. The molecule has 3 heteroatoms. The van der Waals surface area contributed by atoms with E-state index in [2.05, 4.69) is 4.98 Å². The van der Waals surface area contributed by atoms with Crippen molar-refractivity contribution in [2.75, 3.05) is 5.73 Å².